The Morgan fingerprint density at radius 1 is 0.963 bits per heavy atom. The van der Waals surface area contributed by atoms with E-state index >= 15 is 0 Å². The molecule has 0 spiro atoms. The minimum Gasteiger partial charge on any atom is -0.343 e. The van der Waals surface area contributed by atoms with Crippen LogP contribution in [0.3, 0.4) is 0 Å². The lowest BCUT2D eigenvalue weighted by Crippen LogP contribution is -2.35. The number of halogens is 7. The zero-order valence-corrected chi connectivity index (χ0v) is 13.9. The molecule has 2 heterocycles. The van der Waals surface area contributed by atoms with Gasteiger partial charge in [-0.15, -0.1) is 0 Å². The van der Waals surface area contributed by atoms with E-state index in [2.05, 4.69) is 19.9 Å². The molecule has 0 aromatic carbocycles. The number of nitrogens with zero attached hydrogens (tertiary/aromatic N) is 4. The molecule has 2 N–H and O–H groups in total. The molecule has 0 radical (unpaired) electrons. The first-order valence-electron chi connectivity index (χ1n) is 9.46. The Bertz CT molecular complexity index is 972. The van der Waals surface area contributed by atoms with Gasteiger partial charge in [-0.1, -0.05) is 17.7 Å². The Labute approximate surface area is 161 Å². The summed E-state index contributed by atoms with van der Waals surface area (Å²) in [6.07, 6.45) is -10.1. The van der Waals surface area contributed by atoms with E-state index in [-0.39, 0.29) is 6.04 Å². The standard InChI is InChI=1S/C14H13ClF6N6/c1-6(13(16,17)18)22-11-25-10(8-4-3-5-9(15)24-8)26-12(27-11)23-7(2)14(19,20)21/h3-7H,1-2H3,(H2,22,23,25,26,27)/i1D3,4D,5D. The summed E-state index contributed by atoms with van der Waals surface area (Å²) >= 11 is 5.71. The van der Waals surface area contributed by atoms with E-state index in [1.165, 1.54) is 5.32 Å². The van der Waals surface area contributed by atoms with Crippen LogP contribution in [0.5, 0.6) is 0 Å². The van der Waals surface area contributed by atoms with Crippen molar-refractivity contribution in [2.45, 2.75) is 38.2 Å². The Morgan fingerprint density at radius 3 is 2.04 bits per heavy atom. The van der Waals surface area contributed by atoms with Crippen molar-refractivity contribution >= 4 is 23.5 Å². The third-order valence-electron chi connectivity index (χ3n) is 2.89. The Kier molecular flexibility index (Phi) is 4.18. The number of hydrogen-bond acceptors (Lipinski definition) is 6. The van der Waals surface area contributed by atoms with Crippen LogP contribution in [-0.2, 0) is 0 Å². The quantitative estimate of drug-likeness (QED) is 0.555. The van der Waals surface area contributed by atoms with E-state index < -0.39 is 65.9 Å². The van der Waals surface area contributed by atoms with Crippen LogP contribution in [0, 0.1) is 0 Å². The van der Waals surface area contributed by atoms with Crippen molar-refractivity contribution in [3.63, 3.8) is 0 Å². The van der Waals surface area contributed by atoms with Crippen LogP contribution < -0.4 is 10.6 Å². The van der Waals surface area contributed by atoms with Crippen LogP contribution in [0.15, 0.2) is 18.2 Å². The van der Waals surface area contributed by atoms with Gasteiger partial charge < -0.3 is 10.6 Å². The van der Waals surface area contributed by atoms with E-state index in [1.54, 1.807) is 0 Å². The largest absolute Gasteiger partial charge is 0.408 e. The number of nitrogens with one attached hydrogen (secondary N) is 2. The predicted octanol–water partition coefficient (Wildman–Crippen LogP) is 4.31. The van der Waals surface area contributed by atoms with E-state index in [0.29, 0.717) is 6.92 Å². The first kappa shape index (κ1) is 14.7. The van der Waals surface area contributed by atoms with Crippen LogP contribution in [0.25, 0.3) is 11.5 Å². The lowest BCUT2D eigenvalue weighted by atomic mass is 10.3. The molecule has 2 aromatic heterocycles. The van der Waals surface area contributed by atoms with Crippen LogP contribution in [0.4, 0.5) is 38.2 Å². The predicted molar refractivity (Wildman–Crippen MR) is 86.3 cm³/mol. The van der Waals surface area contributed by atoms with Gasteiger partial charge in [0, 0.05) is 4.11 Å². The topological polar surface area (TPSA) is 75.6 Å². The third kappa shape index (κ3) is 5.81. The lowest BCUT2D eigenvalue weighted by Gasteiger charge is -2.20. The number of pyridine rings is 1. The highest BCUT2D eigenvalue weighted by atomic mass is 35.5. The van der Waals surface area contributed by atoms with Gasteiger partial charge in [0.1, 0.15) is 22.9 Å². The molecule has 0 fully saturated rings. The van der Waals surface area contributed by atoms with Gasteiger partial charge in [-0.3, -0.25) is 0 Å². The molecular weight excluding hydrogens is 402 g/mol. The molecule has 6 nitrogen and oxygen atoms in total. The second-order valence-electron chi connectivity index (χ2n) is 5.02. The average molecular weight is 420 g/mol. The molecule has 2 atom stereocenters. The van der Waals surface area contributed by atoms with Gasteiger partial charge in [0.25, 0.3) is 0 Å². The van der Waals surface area contributed by atoms with Gasteiger partial charge in [-0.25, -0.2) is 4.98 Å². The summed E-state index contributed by atoms with van der Waals surface area (Å²) in [6.45, 7) is -2.94. The zero-order valence-electron chi connectivity index (χ0n) is 18.2. The minimum atomic E-state index is -5.31. The fourth-order valence-corrected chi connectivity index (χ4v) is 1.68. The molecule has 148 valence electrons. The number of anilines is 2. The molecule has 0 saturated carbocycles. The van der Waals surface area contributed by atoms with Crippen molar-refractivity contribution in [3.05, 3.63) is 23.3 Å². The normalized spacial score (nSPS) is 17.7. The number of aromatic nitrogens is 4. The second kappa shape index (κ2) is 7.71. The maximum absolute atomic E-state index is 13.2. The first-order valence-corrected chi connectivity index (χ1v) is 7.34. The van der Waals surface area contributed by atoms with Crippen molar-refractivity contribution in [2.75, 3.05) is 10.6 Å². The molecule has 13 heteroatoms. The van der Waals surface area contributed by atoms with Gasteiger partial charge in [0.05, 0.1) is 2.74 Å². The van der Waals surface area contributed by atoms with Crippen molar-refractivity contribution in [1.82, 2.24) is 19.9 Å². The maximum atomic E-state index is 13.2. The molecular formula is C14H13ClF6N6. The monoisotopic (exact) mass is 419 g/mol. The Balaban J connectivity index is 2.62. The minimum absolute atomic E-state index is 0.378. The van der Waals surface area contributed by atoms with Gasteiger partial charge in [0.2, 0.25) is 11.9 Å². The molecule has 2 unspecified atom stereocenters. The molecule has 0 amide bonds. The van der Waals surface area contributed by atoms with E-state index in [4.69, 9.17) is 18.5 Å². The van der Waals surface area contributed by atoms with Gasteiger partial charge in [0.15, 0.2) is 5.82 Å². The summed E-state index contributed by atoms with van der Waals surface area (Å²) in [6, 6.07) is -5.42. The first-order chi connectivity index (χ1) is 14.4. The summed E-state index contributed by atoms with van der Waals surface area (Å²) in [5.41, 5.74) is -0.489. The van der Waals surface area contributed by atoms with E-state index in [9.17, 15) is 26.3 Å². The smallest absolute Gasteiger partial charge is 0.343 e. The molecule has 0 aliphatic heterocycles. The zero-order chi connectivity index (χ0) is 24.6. The number of hydrogen-bond donors (Lipinski definition) is 2. The summed E-state index contributed by atoms with van der Waals surface area (Å²) in [5, 5.41) is 2.91. The molecule has 0 bridgehead atoms. The molecule has 2 aromatic rings. The van der Waals surface area contributed by atoms with Crippen LogP contribution in [-0.4, -0.2) is 44.4 Å². The van der Waals surface area contributed by atoms with Gasteiger partial charge in [-0.05, 0) is 25.9 Å². The summed E-state index contributed by atoms with van der Waals surface area (Å²) in [5.74, 6) is -2.60. The third-order valence-corrected chi connectivity index (χ3v) is 3.09. The van der Waals surface area contributed by atoms with Crippen LogP contribution in [0.1, 0.15) is 20.6 Å². The summed E-state index contributed by atoms with van der Waals surface area (Å²) in [4.78, 5) is 14.2. The van der Waals surface area contributed by atoms with Crippen molar-refractivity contribution in [2.24, 2.45) is 0 Å². The van der Waals surface area contributed by atoms with Crippen molar-refractivity contribution in [3.8, 4) is 11.5 Å². The molecule has 2 rings (SSSR count). The molecule has 0 aliphatic carbocycles. The number of rotatable bonds is 5. The number of alkyl halides is 6. The van der Waals surface area contributed by atoms with Crippen LogP contribution in [0.2, 0.25) is 5.15 Å². The van der Waals surface area contributed by atoms with Gasteiger partial charge in [-0.2, -0.15) is 41.3 Å². The van der Waals surface area contributed by atoms with Gasteiger partial charge >= 0.3 is 12.4 Å². The second-order valence-corrected chi connectivity index (χ2v) is 5.38. The fourth-order valence-electron chi connectivity index (χ4n) is 1.54. The maximum Gasteiger partial charge on any atom is 0.408 e. The van der Waals surface area contributed by atoms with E-state index in [0.717, 1.165) is 6.07 Å². The highest BCUT2D eigenvalue weighted by Crippen LogP contribution is 2.26. The van der Waals surface area contributed by atoms with E-state index in [1.807, 2.05) is 5.32 Å². The summed E-state index contributed by atoms with van der Waals surface area (Å²) in [7, 11) is 0. The average Bonchev–Trinajstić information content (AvgIpc) is 2.60. The molecule has 0 saturated heterocycles. The van der Waals surface area contributed by atoms with Crippen molar-refractivity contribution in [1.29, 1.82) is 0 Å². The van der Waals surface area contributed by atoms with Crippen molar-refractivity contribution < 1.29 is 33.2 Å². The Morgan fingerprint density at radius 2 is 1.52 bits per heavy atom. The summed E-state index contributed by atoms with van der Waals surface area (Å²) < 4.78 is 115. The Hall–Kier alpha value is -2.37. The molecule has 0 aliphatic rings. The molecule has 27 heavy (non-hydrogen) atoms. The lowest BCUT2D eigenvalue weighted by molar-refractivity contribution is -0.139. The SMILES string of the molecule is [2H]c1cc([2H])c(-c2nc(NC(C)C(F)(F)F)nc(NC(C([2H])([2H])[2H])C(F)(F)F)n2)nc1Cl. The van der Waals surface area contributed by atoms with Crippen LogP contribution >= 0.6 is 11.6 Å². The highest BCUT2D eigenvalue weighted by Gasteiger charge is 2.38. The highest BCUT2D eigenvalue weighted by molar-refractivity contribution is 6.29. The fraction of sp³-hybridized carbons (Fsp3) is 0.429.